The first-order chi connectivity index (χ1) is 16.7. The molecule has 1 saturated heterocycles. The summed E-state index contributed by atoms with van der Waals surface area (Å²) in [6, 6.07) is 15.7. The molecule has 10 heteroatoms. The zero-order valence-corrected chi connectivity index (χ0v) is 18.8. The highest BCUT2D eigenvalue weighted by Gasteiger charge is 2.33. The minimum atomic E-state index is -4.48. The molecule has 1 aromatic carbocycles. The molecule has 0 aliphatic carbocycles. The largest absolute Gasteiger partial charge is 0.489 e. The minimum absolute atomic E-state index is 0.168. The highest BCUT2D eigenvalue weighted by molar-refractivity contribution is 5.94. The van der Waals surface area contributed by atoms with Crippen LogP contribution in [0.2, 0.25) is 0 Å². The van der Waals surface area contributed by atoms with Gasteiger partial charge >= 0.3 is 6.18 Å². The summed E-state index contributed by atoms with van der Waals surface area (Å²) in [4.78, 5) is 21.9. The maximum atomic E-state index is 13.0. The second-order valence-corrected chi connectivity index (χ2v) is 8.16. The number of anilines is 1. The van der Waals surface area contributed by atoms with E-state index in [2.05, 4.69) is 15.3 Å². The van der Waals surface area contributed by atoms with E-state index in [0.717, 1.165) is 11.6 Å². The fraction of sp³-hybridized carbons (Fsp3) is 0.280. The van der Waals surface area contributed by atoms with Crippen LogP contribution in [0.4, 0.5) is 19.0 Å². The molecule has 2 aromatic heterocycles. The van der Waals surface area contributed by atoms with Crippen LogP contribution in [0.3, 0.4) is 0 Å². The van der Waals surface area contributed by atoms with E-state index in [-0.39, 0.29) is 29.6 Å². The number of ether oxygens (including phenoxy) is 1. The second-order valence-electron chi connectivity index (χ2n) is 8.16. The standard InChI is InChI=1S/C25H22F3N5O2/c1-16(31-24(34)18-9-11-30-19(13-18)14-29)17-5-7-20(8-6-17)35-21-10-12-33(15-21)23-4-2-3-22(32-23)25(26,27)28/h2-9,11,13,16,21H,10,12,15H2,1H3,(H,31,34)/t16-,21+/m0/s1. The Bertz CT molecular complexity index is 1240. The van der Waals surface area contributed by atoms with Crippen LogP contribution >= 0.6 is 0 Å². The van der Waals surface area contributed by atoms with E-state index < -0.39 is 11.9 Å². The van der Waals surface area contributed by atoms with Crippen molar-refractivity contribution in [1.29, 1.82) is 5.26 Å². The average Bonchev–Trinajstić information content (AvgIpc) is 3.32. The molecule has 0 radical (unpaired) electrons. The van der Waals surface area contributed by atoms with Crippen molar-refractivity contribution in [3.63, 3.8) is 0 Å². The predicted octanol–water partition coefficient (Wildman–Crippen LogP) is 4.52. The van der Waals surface area contributed by atoms with Gasteiger partial charge in [-0.25, -0.2) is 9.97 Å². The quantitative estimate of drug-likeness (QED) is 0.557. The van der Waals surface area contributed by atoms with Crippen molar-refractivity contribution in [2.75, 3.05) is 18.0 Å². The Morgan fingerprint density at radius 1 is 1.23 bits per heavy atom. The molecular formula is C25H22F3N5O2. The fourth-order valence-electron chi connectivity index (χ4n) is 3.81. The number of carbonyl (C=O) groups excluding carboxylic acids is 1. The number of pyridine rings is 2. The van der Waals surface area contributed by atoms with Gasteiger partial charge in [0.05, 0.1) is 12.6 Å². The predicted molar refractivity (Wildman–Crippen MR) is 122 cm³/mol. The van der Waals surface area contributed by atoms with Crippen LogP contribution in [0.25, 0.3) is 0 Å². The molecule has 0 bridgehead atoms. The van der Waals surface area contributed by atoms with Gasteiger partial charge in [0.2, 0.25) is 0 Å². The molecule has 180 valence electrons. The molecule has 1 fully saturated rings. The van der Waals surface area contributed by atoms with Crippen molar-refractivity contribution in [2.45, 2.75) is 31.7 Å². The first-order valence-corrected chi connectivity index (χ1v) is 11.0. The first kappa shape index (κ1) is 24.0. The number of halogens is 3. The van der Waals surface area contributed by atoms with Crippen LogP contribution in [0.15, 0.2) is 60.8 Å². The lowest BCUT2D eigenvalue weighted by atomic mass is 10.1. The summed E-state index contributed by atoms with van der Waals surface area (Å²) in [5.74, 6) is 0.594. The molecule has 0 spiro atoms. The van der Waals surface area contributed by atoms with Gasteiger partial charge in [-0.3, -0.25) is 4.79 Å². The van der Waals surface area contributed by atoms with Crippen molar-refractivity contribution < 1.29 is 22.7 Å². The zero-order chi connectivity index (χ0) is 25.0. The summed E-state index contributed by atoms with van der Waals surface area (Å²) in [7, 11) is 0. The van der Waals surface area contributed by atoms with Crippen LogP contribution in [0.5, 0.6) is 5.75 Å². The van der Waals surface area contributed by atoms with Crippen molar-refractivity contribution in [3.8, 4) is 11.8 Å². The van der Waals surface area contributed by atoms with E-state index in [1.807, 2.05) is 25.1 Å². The first-order valence-electron chi connectivity index (χ1n) is 11.0. The fourth-order valence-corrected chi connectivity index (χ4v) is 3.81. The Morgan fingerprint density at radius 3 is 2.71 bits per heavy atom. The van der Waals surface area contributed by atoms with E-state index in [9.17, 15) is 18.0 Å². The van der Waals surface area contributed by atoms with Gasteiger partial charge in [0.15, 0.2) is 0 Å². The van der Waals surface area contributed by atoms with Crippen LogP contribution in [-0.2, 0) is 6.18 Å². The molecular weight excluding hydrogens is 459 g/mol. The Hall–Kier alpha value is -4.13. The lowest BCUT2D eigenvalue weighted by Gasteiger charge is -2.19. The van der Waals surface area contributed by atoms with Crippen molar-refractivity contribution >= 4 is 11.7 Å². The van der Waals surface area contributed by atoms with Gasteiger partial charge in [0, 0.05) is 24.7 Å². The number of hydrogen-bond acceptors (Lipinski definition) is 6. The van der Waals surface area contributed by atoms with E-state index in [1.54, 1.807) is 29.2 Å². The number of amides is 1. The molecule has 3 aromatic rings. The third kappa shape index (κ3) is 5.87. The van der Waals surface area contributed by atoms with Gasteiger partial charge in [0.1, 0.15) is 35.1 Å². The Morgan fingerprint density at radius 2 is 2.00 bits per heavy atom. The van der Waals surface area contributed by atoms with Gasteiger partial charge in [0.25, 0.3) is 5.91 Å². The van der Waals surface area contributed by atoms with Gasteiger partial charge in [-0.1, -0.05) is 18.2 Å². The van der Waals surface area contributed by atoms with Crippen LogP contribution in [0, 0.1) is 11.3 Å². The Kier molecular flexibility index (Phi) is 6.87. The van der Waals surface area contributed by atoms with E-state index >= 15 is 0 Å². The van der Waals surface area contributed by atoms with E-state index in [0.29, 0.717) is 30.8 Å². The number of nitriles is 1. The molecule has 4 rings (SSSR count). The number of hydrogen-bond donors (Lipinski definition) is 1. The van der Waals surface area contributed by atoms with E-state index in [4.69, 9.17) is 10.00 Å². The number of aromatic nitrogens is 2. The topological polar surface area (TPSA) is 91.1 Å². The maximum Gasteiger partial charge on any atom is 0.433 e. The molecule has 7 nitrogen and oxygen atoms in total. The van der Waals surface area contributed by atoms with Crippen molar-refractivity contribution in [1.82, 2.24) is 15.3 Å². The number of rotatable bonds is 6. The van der Waals surface area contributed by atoms with Gasteiger partial charge in [-0.05, 0) is 48.9 Å². The van der Waals surface area contributed by atoms with Gasteiger partial charge < -0.3 is 15.0 Å². The Labute approximate surface area is 200 Å². The SMILES string of the molecule is C[C@H](NC(=O)c1ccnc(C#N)c1)c1ccc(O[C@@H]2CCN(c3cccc(C(F)(F)F)n3)C2)cc1. The molecule has 35 heavy (non-hydrogen) atoms. The molecule has 1 aliphatic rings. The summed E-state index contributed by atoms with van der Waals surface area (Å²) >= 11 is 0. The Balaban J connectivity index is 1.33. The third-order valence-electron chi connectivity index (χ3n) is 5.66. The molecule has 2 atom stereocenters. The number of benzene rings is 1. The molecule has 3 heterocycles. The third-order valence-corrected chi connectivity index (χ3v) is 5.66. The van der Waals surface area contributed by atoms with Gasteiger partial charge in [-0.15, -0.1) is 0 Å². The van der Waals surface area contributed by atoms with E-state index in [1.165, 1.54) is 18.3 Å². The second kappa shape index (κ2) is 10.0. The molecule has 0 unspecified atom stereocenters. The highest BCUT2D eigenvalue weighted by Crippen LogP contribution is 2.30. The summed E-state index contributed by atoms with van der Waals surface area (Å²) < 4.78 is 44.9. The lowest BCUT2D eigenvalue weighted by Crippen LogP contribution is -2.27. The number of alkyl halides is 3. The van der Waals surface area contributed by atoms with Crippen molar-refractivity contribution in [3.05, 3.63) is 83.3 Å². The van der Waals surface area contributed by atoms with Crippen LogP contribution in [-0.4, -0.2) is 35.1 Å². The number of nitrogens with one attached hydrogen (secondary N) is 1. The summed E-state index contributed by atoms with van der Waals surface area (Å²) in [5.41, 5.74) is 0.470. The zero-order valence-electron chi connectivity index (χ0n) is 18.8. The number of carbonyl (C=O) groups is 1. The summed E-state index contributed by atoms with van der Waals surface area (Å²) in [6.07, 6.45) is -2.60. The van der Waals surface area contributed by atoms with Crippen LogP contribution < -0.4 is 15.0 Å². The lowest BCUT2D eigenvalue weighted by molar-refractivity contribution is -0.141. The smallest absolute Gasteiger partial charge is 0.433 e. The molecule has 0 saturated carbocycles. The molecule has 1 aliphatic heterocycles. The molecule has 1 amide bonds. The van der Waals surface area contributed by atoms with Crippen LogP contribution in [0.1, 0.15) is 46.7 Å². The monoisotopic (exact) mass is 481 g/mol. The highest BCUT2D eigenvalue weighted by atomic mass is 19.4. The summed E-state index contributed by atoms with van der Waals surface area (Å²) in [6.45, 7) is 2.82. The normalized spacial score (nSPS) is 16.4. The maximum absolute atomic E-state index is 13.0. The van der Waals surface area contributed by atoms with Gasteiger partial charge in [-0.2, -0.15) is 18.4 Å². The summed E-state index contributed by atoms with van der Waals surface area (Å²) in [5, 5.41) is 11.8. The average molecular weight is 481 g/mol. The minimum Gasteiger partial charge on any atom is -0.489 e. The number of nitrogens with zero attached hydrogens (tertiary/aromatic N) is 4. The van der Waals surface area contributed by atoms with Crippen molar-refractivity contribution in [2.24, 2.45) is 0 Å². The molecule has 1 N–H and O–H groups in total.